The Bertz CT molecular complexity index is 193. The first-order chi connectivity index (χ1) is 5.41. The number of carboxylic acids is 1. The van der Waals surface area contributed by atoms with Crippen molar-refractivity contribution in [3.8, 4) is 0 Å². The van der Waals surface area contributed by atoms with Gasteiger partial charge in [-0.05, 0) is 13.8 Å². The molecule has 0 amide bonds. The Balaban J connectivity index is 2.64. The molecule has 70 valence electrons. The normalized spacial score (nSPS) is 30.1. The molecule has 1 atom stereocenters. The first-order valence-corrected chi connectivity index (χ1v) is 3.91. The van der Waals surface area contributed by atoms with Gasteiger partial charge in [-0.3, -0.25) is 16.0 Å². The van der Waals surface area contributed by atoms with E-state index in [1.54, 1.807) is 0 Å². The van der Waals surface area contributed by atoms with Crippen molar-refractivity contribution in [2.45, 2.75) is 25.4 Å². The van der Waals surface area contributed by atoms with Gasteiger partial charge in [-0.25, -0.2) is 5.01 Å². The average Bonchev–Trinajstić information content (AvgIpc) is 1.82. The molecular weight excluding hydrogens is 158 g/mol. The summed E-state index contributed by atoms with van der Waals surface area (Å²) < 4.78 is 0. The Morgan fingerprint density at radius 3 is 2.75 bits per heavy atom. The third-order valence-corrected chi connectivity index (χ3v) is 1.88. The van der Waals surface area contributed by atoms with Gasteiger partial charge in [0.05, 0.1) is 0 Å². The predicted octanol–water partition coefficient (Wildman–Crippen LogP) is -1.00. The maximum absolute atomic E-state index is 10.6. The topological polar surface area (TPSA) is 78.6 Å². The fourth-order valence-electron chi connectivity index (χ4n) is 1.51. The smallest absolute Gasteiger partial charge is 0.322 e. The molecule has 1 heterocycles. The lowest BCUT2D eigenvalue weighted by atomic mass is 10.00. The molecule has 4 N–H and O–H groups in total. The molecule has 5 nitrogen and oxygen atoms in total. The van der Waals surface area contributed by atoms with E-state index in [9.17, 15) is 4.79 Å². The number of hydrogen-bond donors (Lipinski definition) is 3. The number of nitrogens with zero attached hydrogens (tertiary/aromatic N) is 1. The third kappa shape index (κ3) is 2.17. The van der Waals surface area contributed by atoms with Crippen molar-refractivity contribution in [2.24, 2.45) is 5.84 Å². The van der Waals surface area contributed by atoms with Gasteiger partial charge in [-0.15, -0.1) is 0 Å². The SMILES string of the molecule is CC1(C)CN(N)CC(C(=O)O)N1. The number of piperazine rings is 1. The van der Waals surface area contributed by atoms with Crippen LogP contribution in [0.15, 0.2) is 0 Å². The van der Waals surface area contributed by atoms with Gasteiger partial charge < -0.3 is 5.11 Å². The fourth-order valence-corrected chi connectivity index (χ4v) is 1.51. The van der Waals surface area contributed by atoms with Gasteiger partial charge in [-0.1, -0.05) is 0 Å². The van der Waals surface area contributed by atoms with Crippen molar-refractivity contribution in [1.82, 2.24) is 10.3 Å². The minimum absolute atomic E-state index is 0.226. The van der Waals surface area contributed by atoms with Crippen molar-refractivity contribution in [3.63, 3.8) is 0 Å². The molecule has 5 heteroatoms. The highest BCUT2D eigenvalue weighted by Gasteiger charge is 2.33. The first-order valence-electron chi connectivity index (χ1n) is 3.91. The Hall–Kier alpha value is -0.650. The van der Waals surface area contributed by atoms with E-state index < -0.39 is 12.0 Å². The monoisotopic (exact) mass is 173 g/mol. The molecule has 1 aliphatic heterocycles. The quantitative estimate of drug-likeness (QED) is 0.443. The molecule has 1 rings (SSSR count). The number of hydrazine groups is 1. The maximum Gasteiger partial charge on any atom is 0.322 e. The number of aliphatic carboxylic acids is 1. The first kappa shape index (κ1) is 9.44. The summed E-state index contributed by atoms with van der Waals surface area (Å²) in [6.45, 7) is 4.89. The van der Waals surface area contributed by atoms with Crippen LogP contribution in [0.4, 0.5) is 0 Å². The summed E-state index contributed by atoms with van der Waals surface area (Å²) in [4.78, 5) is 10.6. The minimum atomic E-state index is -0.849. The lowest BCUT2D eigenvalue weighted by Crippen LogP contribution is -2.65. The van der Waals surface area contributed by atoms with Crippen LogP contribution in [0.2, 0.25) is 0 Å². The van der Waals surface area contributed by atoms with Crippen LogP contribution in [0.1, 0.15) is 13.8 Å². The number of nitrogens with one attached hydrogen (secondary N) is 1. The van der Waals surface area contributed by atoms with Gasteiger partial charge in [0, 0.05) is 18.6 Å². The Morgan fingerprint density at radius 1 is 1.75 bits per heavy atom. The maximum atomic E-state index is 10.6. The number of hydrogen-bond acceptors (Lipinski definition) is 4. The molecule has 0 spiro atoms. The van der Waals surface area contributed by atoms with E-state index >= 15 is 0 Å². The van der Waals surface area contributed by atoms with Crippen LogP contribution in [0.3, 0.4) is 0 Å². The van der Waals surface area contributed by atoms with Crippen LogP contribution in [-0.2, 0) is 4.79 Å². The largest absolute Gasteiger partial charge is 0.480 e. The van der Waals surface area contributed by atoms with Gasteiger partial charge in [0.15, 0.2) is 0 Å². The second-order valence-corrected chi connectivity index (χ2v) is 3.85. The van der Waals surface area contributed by atoms with Crippen LogP contribution >= 0.6 is 0 Å². The molecule has 0 aliphatic carbocycles. The van der Waals surface area contributed by atoms with E-state index in [0.717, 1.165) is 0 Å². The summed E-state index contributed by atoms with van der Waals surface area (Å²) in [5, 5.41) is 13.3. The molecule has 0 aromatic heterocycles. The molecule has 0 aromatic rings. The van der Waals surface area contributed by atoms with Crippen molar-refractivity contribution < 1.29 is 9.90 Å². The van der Waals surface area contributed by atoms with Crippen molar-refractivity contribution in [2.75, 3.05) is 13.1 Å². The van der Waals surface area contributed by atoms with Crippen molar-refractivity contribution in [1.29, 1.82) is 0 Å². The van der Waals surface area contributed by atoms with Crippen molar-refractivity contribution in [3.05, 3.63) is 0 Å². The fraction of sp³-hybridized carbons (Fsp3) is 0.857. The standard InChI is InChI=1S/C7H15N3O2/c1-7(2)4-10(8)3-5(9-7)6(11)12/h5,9H,3-4,8H2,1-2H3,(H,11,12). The third-order valence-electron chi connectivity index (χ3n) is 1.88. The summed E-state index contributed by atoms with van der Waals surface area (Å²) in [5.41, 5.74) is -0.226. The highest BCUT2D eigenvalue weighted by atomic mass is 16.4. The van der Waals surface area contributed by atoms with Crippen LogP contribution < -0.4 is 11.2 Å². The lowest BCUT2D eigenvalue weighted by Gasteiger charge is -2.40. The van der Waals surface area contributed by atoms with E-state index in [1.165, 1.54) is 5.01 Å². The number of rotatable bonds is 1. The van der Waals surface area contributed by atoms with Crippen LogP contribution in [0.5, 0.6) is 0 Å². The van der Waals surface area contributed by atoms with Crippen LogP contribution in [-0.4, -0.2) is 40.8 Å². The van der Waals surface area contributed by atoms with Crippen LogP contribution in [0.25, 0.3) is 0 Å². The van der Waals surface area contributed by atoms with Crippen molar-refractivity contribution >= 4 is 5.97 Å². The molecule has 1 unspecified atom stereocenters. The number of nitrogens with two attached hydrogens (primary N) is 1. The Morgan fingerprint density at radius 2 is 2.33 bits per heavy atom. The van der Waals surface area contributed by atoms with Gasteiger partial charge in [0.1, 0.15) is 6.04 Å². The second kappa shape index (κ2) is 3.01. The predicted molar refractivity (Wildman–Crippen MR) is 44.4 cm³/mol. The molecule has 0 radical (unpaired) electrons. The zero-order valence-electron chi connectivity index (χ0n) is 7.37. The Labute approximate surface area is 71.5 Å². The zero-order chi connectivity index (χ0) is 9.35. The highest BCUT2D eigenvalue weighted by Crippen LogP contribution is 2.10. The highest BCUT2D eigenvalue weighted by molar-refractivity contribution is 5.74. The van der Waals surface area contributed by atoms with E-state index in [1.807, 2.05) is 13.8 Å². The van der Waals surface area contributed by atoms with E-state index in [-0.39, 0.29) is 5.54 Å². The summed E-state index contributed by atoms with van der Waals surface area (Å²) in [6.07, 6.45) is 0. The van der Waals surface area contributed by atoms with Gasteiger partial charge >= 0.3 is 5.97 Å². The molecule has 1 fully saturated rings. The summed E-state index contributed by atoms with van der Waals surface area (Å²) >= 11 is 0. The molecule has 1 saturated heterocycles. The average molecular weight is 173 g/mol. The number of carboxylic acid groups (broad SMARTS) is 1. The summed E-state index contributed by atoms with van der Waals surface area (Å²) in [6, 6.07) is -0.557. The number of carbonyl (C=O) groups is 1. The minimum Gasteiger partial charge on any atom is -0.480 e. The molecule has 1 aliphatic rings. The molecule has 0 saturated carbocycles. The van der Waals surface area contributed by atoms with E-state index in [4.69, 9.17) is 10.9 Å². The lowest BCUT2D eigenvalue weighted by molar-refractivity contribution is -0.142. The second-order valence-electron chi connectivity index (χ2n) is 3.85. The molecule has 0 aromatic carbocycles. The molecular formula is C7H15N3O2. The van der Waals surface area contributed by atoms with E-state index in [2.05, 4.69) is 5.32 Å². The van der Waals surface area contributed by atoms with Gasteiger partial charge in [0.2, 0.25) is 0 Å². The van der Waals surface area contributed by atoms with Crippen LogP contribution in [0, 0.1) is 0 Å². The molecule has 0 bridgehead atoms. The van der Waals surface area contributed by atoms with Gasteiger partial charge in [-0.2, -0.15) is 0 Å². The zero-order valence-corrected chi connectivity index (χ0v) is 7.37. The van der Waals surface area contributed by atoms with Gasteiger partial charge in [0.25, 0.3) is 0 Å². The van der Waals surface area contributed by atoms with E-state index in [0.29, 0.717) is 13.1 Å². The summed E-state index contributed by atoms with van der Waals surface area (Å²) in [7, 11) is 0. The molecule has 12 heavy (non-hydrogen) atoms. The summed E-state index contributed by atoms with van der Waals surface area (Å²) in [5.74, 6) is 4.72. The Kier molecular flexibility index (Phi) is 2.36.